The van der Waals surface area contributed by atoms with Crippen LogP contribution in [-0.2, 0) is 21.2 Å². The van der Waals surface area contributed by atoms with Crippen molar-refractivity contribution in [3.05, 3.63) is 58.1 Å². The number of nitrogens with zero attached hydrogens (tertiary/aromatic N) is 1. The predicted octanol–water partition coefficient (Wildman–Crippen LogP) is 3.83. The highest BCUT2D eigenvalue weighted by atomic mass is 35.5. The van der Waals surface area contributed by atoms with Crippen LogP contribution >= 0.6 is 24.0 Å². The third kappa shape index (κ3) is 8.12. The monoisotopic (exact) mass is 460 g/mol. The Labute approximate surface area is 183 Å². The maximum Gasteiger partial charge on any atom is 0.229 e. The molecular weight excluding hydrogens is 435 g/mol. The van der Waals surface area contributed by atoms with Crippen molar-refractivity contribution in [2.24, 2.45) is 0 Å². The third-order valence-corrected chi connectivity index (χ3v) is 5.17. The first kappa shape index (κ1) is 25.1. The van der Waals surface area contributed by atoms with E-state index in [1.54, 1.807) is 24.1 Å². The summed E-state index contributed by atoms with van der Waals surface area (Å²) in [7, 11) is -1.64. The Hall–Kier alpha value is -1.96. The lowest BCUT2D eigenvalue weighted by Gasteiger charge is -2.18. The molecule has 2 aromatic carbocycles. The summed E-state index contributed by atoms with van der Waals surface area (Å²) in [5.41, 5.74) is 3.71. The zero-order valence-corrected chi connectivity index (χ0v) is 19.2. The van der Waals surface area contributed by atoms with Gasteiger partial charge in [0.15, 0.2) is 0 Å². The molecule has 1 N–H and O–H groups in total. The van der Waals surface area contributed by atoms with Gasteiger partial charge in [0.1, 0.15) is 12.4 Å². The molecule has 160 valence electrons. The maximum absolute atomic E-state index is 12.4. The number of sulfonamides is 1. The zero-order chi connectivity index (χ0) is 20.9. The largest absolute Gasteiger partial charge is 0.490 e. The molecule has 6 nitrogen and oxygen atoms in total. The lowest BCUT2D eigenvalue weighted by molar-refractivity contribution is -0.129. The van der Waals surface area contributed by atoms with Gasteiger partial charge >= 0.3 is 0 Å². The van der Waals surface area contributed by atoms with Crippen LogP contribution in [0.15, 0.2) is 36.4 Å². The number of rotatable bonds is 8. The van der Waals surface area contributed by atoms with Gasteiger partial charge in [-0.25, -0.2) is 8.42 Å². The fourth-order valence-electron chi connectivity index (χ4n) is 2.54. The number of carbonyl (C=O) groups is 1. The fraction of sp³-hybridized carbons (Fsp3) is 0.350. The molecule has 0 radical (unpaired) electrons. The molecule has 0 aliphatic heterocycles. The molecule has 0 aliphatic carbocycles. The number of carbonyl (C=O) groups excluding carboxylic acids is 1. The first-order valence-corrected chi connectivity index (χ1v) is 11.0. The molecule has 0 saturated heterocycles. The van der Waals surface area contributed by atoms with Gasteiger partial charge < -0.3 is 9.64 Å². The van der Waals surface area contributed by atoms with Crippen molar-refractivity contribution in [3.63, 3.8) is 0 Å². The molecule has 0 aliphatic rings. The molecule has 0 heterocycles. The van der Waals surface area contributed by atoms with E-state index in [4.69, 9.17) is 16.3 Å². The van der Waals surface area contributed by atoms with E-state index in [2.05, 4.69) is 4.72 Å². The van der Waals surface area contributed by atoms with Crippen molar-refractivity contribution in [2.45, 2.75) is 20.3 Å². The second-order valence-corrected chi connectivity index (χ2v) is 8.93. The highest BCUT2D eigenvalue weighted by Crippen LogP contribution is 2.28. The number of hydrogen-bond donors (Lipinski definition) is 1. The summed E-state index contributed by atoms with van der Waals surface area (Å²) < 4.78 is 30.5. The van der Waals surface area contributed by atoms with E-state index in [0.717, 1.165) is 11.8 Å². The zero-order valence-electron chi connectivity index (χ0n) is 16.9. The van der Waals surface area contributed by atoms with Crippen molar-refractivity contribution < 1.29 is 17.9 Å². The first-order valence-electron chi connectivity index (χ1n) is 8.75. The van der Waals surface area contributed by atoms with E-state index in [1.165, 1.54) is 17.2 Å². The lowest BCUT2D eigenvalue weighted by atomic mass is 10.0. The maximum atomic E-state index is 12.4. The van der Waals surface area contributed by atoms with Gasteiger partial charge in [-0.05, 0) is 48.7 Å². The molecular formula is C20H26Cl2N2O4S. The van der Waals surface area contributed by atoms with Gasteiger partial charge in [-0.2, -0.15) is 0 Å². The average Bonchev–Trinajstić information content (AvgIpc) is 2.58. The minimum absolute atomic E-state index is 0. The van der Waals surface area contributed by atoms with Crippen LogP contribution in [-0.4, -0.2) is 45.7 Å². The number of benzene rings is 2. The van der Waals surface area contributed by atoms with E-state index in [9.17, 15) is 13.2 Å². The first-order chi connectivity index (χ1) is 13.0. The van der Waals surface area contributed by atoms with E-state index < -0.39 is 10.0 Å². The second kappa shape index (κ2) is 10.7. The molecule has 0 spiro atoms. The van der Waals surface area contributed by atoms with Gasteiger partial charge in [-0.3, -0.25) is 9.52 Å². The minimum Gasteiger partial charge on any atom is -0.490 e. The van der Waals surface area contributed by atoms with Gasteiger partial charge in [0.2, 0.25) is 15.9 Å². The number of nitrogens with one attached hydrogen (secondary N) is 1. The summed E-state index contributed by atoms with van der Waals surface area (Å²) in [5.74, 6) is 0.432. The number of amides is 1. The summed E-state index contributed by atoms with van der Waals surface area (Å²) >= 11 is 6.13. The molecule has 2 aromatic rings. The number of halogens is 2. The lowest BCUT2D eigenvalue weighted by Crippen LogP contribution is -2.32. The van der Waals surface area contributed by atoms with Crippen LogP contribution in [0, 0.1) is 13.8 Å². The highest BCUT2D eigenvalue weighted by Gasteiger charge is 2.11. The second-order valence-electron chi connectivity index (χ2n) is 6.78. The van der Waals surface area contributed by atoms with E-state index >= 15 is 0 Å². The molecule has 29 heavy (non-hydrogen) atoms. The number of aryl methyl sites for hydroxylation is 2. The molecule has 0 bridgehead atoms. The molecule has 2 rings (SSSR count). The van der Waals surface area contributed by atoms with Crippen LogP contribution in [0.1, 0.15) is 16.7 Å². The summed E-state index contributed by atoms with van der Waals surface area (Å²) in [6.45, 7) is 4.75. The molecule has 0 fully saturated rings. The van der Waals surface area contributed by atoms with Crippen molar-refractivity contribution in [2.75, 3.05) is 31.2 Å². The standard InChI is InChI=1S/C20H25ClN2O4S.ClH/c1-14-5-6-16(11-15(14)2)12-20(24)23(3)9-10-27-19-8-7-17(13-18(19)21)22-28(4,25)26;/h5-8,11,13,22H,9-10,12H2,1-4H3;1H. The van der Waals surface area contributed by atoms with E-state index in [1.807, 2.05) is 32.0 Å². The smallest absolute Gasteiger partial charge is 0.229 e. The van der Waals surface area contributed by atoms with Gasteiger partial charge in [-0.1, -0.05) is 29.8 Å². The Morgan fingerprint density at radius 3 is 2.41 bits per heavy atom. The van der Waals surface area contributed by atoms with Gasteiger partial charge in [0.05, 0.1) is 29.9 Å². The number of anilines is 1. The quantitative estimate of drug-likeness (QED) is 0.649. The van der Waals surface area contributed by atoms with Crippen LogP contribution in [0.2, 0.25) is 5.02 Å². The molecule has 1 amide bonds. The van der Waals surface area contributed by atoms with Crippen LogP contribution in [0.5, 0.6) is 5.75 Å². The SMILES string of the molecule is Cc1ccc(CC(=O)N(C)CCOc2ccc(NS(C)(=O)=O)cc2Cl)cc1C.Cl. The average molecular weight is 461 g/mol. The third-order valence-electron chi connectivity index (χ3n) is 4.27. The summed E-state index contributed by atoms with van der Waals surface area (Å²) in [4.78, 5) is 14.0. The number of likely N-dealkylation sites (N-methyl/N-ethyl adjacent to an activating group) is 1. The van der Waals surface area contributed by atoms with Gasteiger partial charge in [0, 0.05) is 7.05 Å². The highest BCUT2D eigenvalue weighted by molar-refractivity contribution is 7.92. The Bertz CT molecular complexity index is 965. The predicted molar refractivity (Wildman–Crippen MR) is 120 cm³/mol. The summed E-state index contributed by atoms with van der Waals surface area (Å²) in [5, 5.41) is 0.290. The molecule has 0 unspecified atom stereocenters. The van der Waals surface area contributed by atoms with Crippen molar-refractivity contribution in [1.82, 2.24) is 4.90 Å². The summed E-state index contributed by atoms with van der Waals surface area (Å²) in [6, 6.07) is 10.7. The van der Waals surface area contributed by atoms with Gasteiger partial charge in [0.25, 0.3) is 0 Å². The Morgan fingerprint density at radius 2 is 1.83 bits per heavy atom. The summed E-state index contributed by atoms with van der Waals surface area (Å²) in [6.07, 6.45) is 1.40. The minimum atomic E-state index is -3.37. The van der Waals surface area contributed by atoms with Crippen molar-refractivity contribution in [1.29, 1.82) is 0 Å². The van der Waals surface area contributed by atoms with E-state index in [0.29, 0.717) is 24.4 Å². The molecule has 9 heteroatoms. The van der Waals surface area contributed by atoms with Crippen molar-refractivity contribution >= 4 is 45.6 Å². The molecule has 0 aromatic heterocycles. The molecule has 0 atom stereocenters. The van der Waals surface area contributed by atoms with Crippen LogP contribution in [0.4, 0.5) is 5.69 Å². The Morgan fingerprint density at radius 1 is 1.14 bits per heavy atom. The molecule has 0 saturated carbocycles. The Kier molecular flexibility index (Phi) is 9.26. The fourth-order valence-corrected chi connectivity index (χ4v) is 3.33. The van der Waals surface area contributed by atoms with Crippen molar-refractivity contribution in [3.8, 4) is 5.75 Å². The van der Waals surface area contributed by atoms with Crippen LogP contribution in [0.25, 0.3) is 0 Å². The topological polar surface area (TPSA) is 75.7 Å². The number of hydrogen-bond acceptors (Lipinski definition) is 4. The number of ether oxygens (including phenoxy) is 1. The van der Waals surface area contributed by atoms with Crippen LogP contribution < -0.4 is 9.46 Å². The Balaban J connectivity index is 0.00000420. The van der Waals surface area contributed by atoms with E-state index in [-0.39, 0.29) is 29.9 Å². The van der Waals surface area contributed by atoms with Crippen LogP contribution in [0.3, 0.4) is 0 Å². The normalized spacial score (nSPS) is 10.8. The van der Waals surface area contributed by atoms with Gasteiger partial charge in [-0.15, -0.1) is 12.4 Å².